The van der Waals surface area contributed by atoms with E-state index in [4.69, 9.17) is 4.52 Å². The van der Waals surface area contributed by atoms with Crippen molar-refractivity contribution in [3.05, 3.63) is 11.7 Å². The molecule has 2 fully saturated rings. The van der Waals surface area contributed by atoms with Crippen molar-refractivity contribution in [1.82, 2.24) is 19.9 Å². The SMILES string of the molecule is CC1CCN(CC(=O)N(C)CCc2noc(C3CC3)n2)C1=O. The summed E-state index contributed by atoms with van der Waals surface area (Å²) >= 11 is 0. The highest BCUT2D eigenvalue weighted by atomic mass is 16.5. The molecule has 1 aliphatic heterocycles. The largest absolute Gasteiger partial charge is 0.344 e. The van der Waals surface area contributed by atoms with Gasteiger partial charge in [-0.2, -0.15) is 4.98 Å². The van der Waals surface area contributed by atoms with Gasteiger partial charge in [0.05, 0.1) is 6.54 Å². The molecule has 2 amide bonds. The average molecular weight is 306 g/mol. The minimum absolute atomic E-state index is 0.0401. The Bertz CT molecular complexity index is 567. The lowest BCUT2D eigenvalue weighted by atomic mass is 10.1. The summed E-state index contributed by atoms with van der Waals surface area (Å²) < 4.78 is 5.20. The molecular weight excluding hydrogens is 284 g/mol. The fourth-order valence-electron chi connectivity index (χ4n) is 2.59. The molecule has 1 unspecified atom stereocenters. The second-order valence-corrected chi connectivity index (χ2v) is 6.34. The van der Waals surface area contributed by atoms with Gasteiger partial charge in [-0.3, -0.25) is 9.59 Å². The average Bonchev–Trinajstić information content (AvgIpc) is 3.18. The van der Waals surface area contributed by atoms with Crippen LogP contribution in [0.1, 0.15) is 43.8 Å². The van der Waals surface area contributed by atoms with Crippen LogP contribution in [0, 0.1) is 5.92 Å². The second-order valence-electron chi connectivity index (χ2n) is 6.34. The second kappa shape index (κ2) is 6.06. The Hall–Kier alpha value is -1.92. The molecule has 1 saturated heterocycles. The van der Waals surface area contributed by atoms with Crippen molar-refractivity contribution < 1.29 is 14.1 Å². The Morgan fingerprint density at radius 2 is 2.18 bits per heavy atom. The van der Waals surface area contributed by atoms with E-state index < -0.39 is 0 Å². The molecule has 1 saturated carbocycles. The Labute approximate surface area is 129 Å². The number of rotatable bonds is 6. The number of aromatic nitrogens is 2. The molecule has 0 spiro atoms. The lowest BCUT2D eigenvalue weighted by molar-refractivity contribution is -0.138. The zero-order chi connectivity index (χ0) is 15.7. The van der Waals surface area contributed by atoms with Crippen LogP contribution >= 0.6 is 0 Å². The normalized spacial score (nSPS) is 21.5. The van der Waals surface area contributed by atoms with Gasteiger partial charge in [0, 0.05) is 38.4 Å². The van der Waals surface area contributed by atoms with E-state index in [0.717, 1.165) is 25.2 Å². The van der Waals surface area contributed by atoms with E-state index in [1.165, 1.54) is 0 Å². The number of likely N-dealkylation sites (N-methyl/N-ethyl adjacent to an activating group) is 1. The van der Waals surface area contributed by atoms with Gasteiger partial charge >= 0.3 is 0 Å². The number of carbonyl (C=O) groups is 2. The summed E-state index contributed by atoms with van der Waals surface area (Å²) in [6, 6.07) is 0. The molecule has 0 N–H and O–H groups in total. The molecule has 2 aliphatic rings. The first kappa shape index (κ1) is 15.0. The van der Waals surface area contributed by atoms with Crippen molar-refractivity contribution >= 4 is 11.8 Å². The predicted molar refractivity (Wildman–Crippen MR) is 78.0 cm³/mol. The van der Waals surface area contributed by atoms with Crippen LogP contribution < -0.4 is 0 Å². The van der Waals surface area contributed by atoms with Crippen LogP contribution in [0.25, 0.3) is 0 Å². The summed E-state index contributed by atoms with van der Waals surface area (Å²) in [6.45, 7) is 3.28. The van der Waals surface area contributed by atoms with Gasteiger partial charge in [0.1, 0.15) is 0 Å². The van der Waals surface area contributed by atoms with Crippen molar-refractivity contribution in [2.75, 3.05) is 26.7 Å². The van der Waals surface area contributed by atoms with E-state index in [-0.39, 0.29) is 24.3 Å². The van der Waals surface area contributed by atoms with E-state index in [1.807, 2.05) is 6.92 Å². The third kappa shape index (κ3) is 3.28. The minimum atomic E-state index is -0.0478. The molecule has 3 rings (SSSR count). The van der Waals surface area contributed by atoms with Gasteiger partial charge in [0.2, 0.25) is 17.7 Å². The summed E-state index contributed by atoms with van der Waals surface area (Å²) in [5, 5.41) is 3.95. The molecule has 1 aliphatic carbocycles. The predicted octanol–water partition coefficient (Wildman–Crippen LogP) is 0.816. The van der Waals surface area contributed by atoms with Crippen molar-refractivity contribution in [2.24, 2.45) is 5.92 Å². The third-order valence-corrected chi connectivity index (χ3v) is 4.40. The van der Waals surface area contributed by atoms with Crippen LogP contribution in [0.2, 0.25) is 0 Å². The van der Waals surface area contributed by atoms with Gasteiger partial charge in [-0.1, -0.05) is 12.1 Å². The van der Waals surface area contributed by atoms with Crippen LogP contribution in [0.5, 0.6) is 0 Å². The highest BCUT2D eigenvalue weighted by Gasteiger charge is 2.31. The van der Waals surface area contributed by atoms with Crippen molar-refractivity contribution in [2.45, 2.75) is 38.5 Å². The molecule has 0 radical (unpaired) electrons. The maximum absolute atomic E-state index is 12.2. The molecule has 1 aromatic heterocycles. The molecular formula is C15H22N4O3. The molecule has 2 heterocycles. The number of hydrogen-bond donors (Lipinski definition) is 0. The minimum Gasteiger partial charge on any atom is -0.344 e. The van der Waals surface area contributed by atoms with Gasteiger partial charge < -0.3 is 14.3 Å². The van der Waals surface area contributed by atoms with Gasteiger partial charge in [0.25, 0.3) is 0 Å². The standard InChI is InChI=1S/C15H22N4O3/c1-10-5-8-19(15(10)21)9-13(20)18(2)7-6-12-16-14(22-17-12)11-3-4-11/h10-11H,3-9H2,1-2H3. The van der Waals surface area contributed by atoms with Gasteiger partial charge in [-0.05, 0) is 19.3 Å². The topological polar surface area (TPSA) is 79.5 Å². The Kier molecular flexibility index (Phi) is 4.13. The Balaban J connectivity index is 1.45. The number of carbonyl (C=O) groups excluding carboxylic acids is 2. The summed E-state index contributed by atoms with van der Waals surface area (Å²) in [6.07, 6.45) is 3.66. The first-order valence-electron chi connectivity index (χ1n) is 7.90. The molecule has 1 atom stereocenters. The first-order valence-corrected chi connectivity index (χ1v) is 7.90. The fraction of sp³-hybridized carbons (Fsp3) is 0.733. The Morgan fingerprint density at radius 3 is 2.82 bits per heavy atom. The molecule has 7 nitrogen and oxygen atoms in total. The quantitative estimate of drug-likeness (QED) is 0.777. The summed E-state index contributed by atoms with van der Waals surface area (Å²) in [5.41, 5.74) is 0. The smallest absolute Gasteiger partial charge is 0.241 e. The lowest BCUT2D eigenvalue weighted by Gasteiger charge is -2.21. The van der Waals surface area contributed by atoms with Crippen molar-refractivity contribution in [3.63, 3.8) is 0 Å². The van der Waals surface area contributed by atoms with E-state index in [2.05, 4.69) is 10.1 Å². The lowest BCUT2D eigenvalue weighted by Crippen LogP contribution is -2.40. The molecule has 22 heavy (non-hydrogen) atoms. The van der Waals surface area contributed by atoms with Crippen molar-refractivity contribution in [3.8, 4) is 0 Å². The maximum Gasteiger partial charge on any atom is 0.241 e. The molecule has 1 aromatic rings. The first-order chi connectivity index (χ1) is 10.5. The number of hydrogen-bond acceptors (Lipinski definition) is 5. The van der Waals surface area contributed by atoms with E-state index in [1.54, 1.807) is 16.8 Å². The zero-order valence-corrected chi connectivity index (χ0v) is 13.1. The highest BCUT2D eigenvalue weighted by molar-refractivity contribution is 5.86. The summed E-state index contributed by atoms with van der Waals surface area (Å²) in [5.74, 6) is 1.89. The zero-order valence-electron chi connectivity index (χ0n) is 13.1. The Morgan fingerprint density at radius 1 is 1.41 bits per heavy atom. The molecule has 120 valence electrons. The monoisotopic (exact) mass is 306 g/mol. The highest BCUT2D eigenvalue weighted by Crippen LogP contribution is 2.38. The summed E-state index contributed by atoms with van der Waals surface area (Å²) in [7, 11) is 1.74. The number of nitrogens with zero attached hydrogens (tertiary/aromatic N) is 4. The molecule has 7 heteroatoms. The van der Waals surface area contributed by atoms with Crippen molar-refractivity contribution in [1.29, 1.82) is 0 Å². The van der Waals surface area contributed by atoms with Crippen LogP contribution in [-0.2, 0) is 16.0 Å². The molecule has 0 bridgehead atoms. The number of likely N-dealkylation sites (tertiary alicyclic amines) is 1. The van der Waals surface area contributed by atoms with E-state index in [0.29, 0.717) is 31.3 Å². The van der Waals surface area contributed by atoms with Crippen LogP contribution in [-0.4, -0.2) is 58.4 Å². The summed E-state index contributed by atoms with van der Waals surface area (Å²) in [4.78, 5) is 31.6. The number of amides is 2. The molecule has 0 aromatic carbocycles. The third-order valence-electron chi connectivity index (χ3n) is 4.40. The van der Waals surface area contributed by atoms with Crippen LogP contribution in [0.4, 0.5) is 0 Å². The van der Waals surface area contributed by atoms with E-state index in [9.17, 15) is 9.59 Å². The maximum atomic E-state index is 12.2. The van der Waals surface area contributed by atoms with E-state index >= 15 is 0 Å². The van der Waals surface area contributed by atoms with Gasteiger partial charge in [0.15, 0.2) is 5.82 Å². The van der Waals surface area contributed by atoms with Crippen LogP contribution in [0.3, 0.4) is 0 Å². The fourth-order valence-corrected chi connectivity index (χ4v) is 2.59. The van der Waals surface area contributed by atoms with Crippen LogP contribution in [0.15, 0.2) is 4.52 Å². The van der Waals surface area contributed by atoms with Gasteiger partial charge in [-0.25, -0.2) is 0 Å². The van der Waals surface area contributed by atoms with Gasteiger partial charge in [-0.15, -0.1) is 0 Å².